The predicted molar refractivity (Wildman–Crippen MR) is 80.7 cm³/mol. The molecular formula is C14H18BrNO5. The van der Waals surface area contributed by atoms with E-state index in [4.69, 9.17) is 14.6 Å². The topological polar surface area (TPSA) is 84.9 Å². The van der Waals surface area contributed by atoms with E-state index < -0.39 is 11.5 Å². The molecule has 0 aliphatic heterocycles. The molecule has 1 rings (SSSR count). The van der Waals surface area contributed by atoms with E-state index in [1.165, 1.54) is 14.2 Å². The van der Waals surface area contributed by atoms with Crippen molar-refractivity contribution in [1.29, 1.82) is 0 Å². The van der Waals surface area contributed by atoms with Crippen LogP contribution in [-0.4, -0.2) is 43.3 Å². The van der Waals surface area contributed by atoms with Gasteiger partial charge in [-0.15, -0.1) is 0 Å². The molecule has 0 aliphatic carbocycles. The number of carboxylic acid groups (broad SMARTS) is 1. The molecule has 1 atom stereocenters. The summed E-state index contributed by atoms with van der Waals surface area (Å²) in [4.78, 5) is 23.2. The molecule has 0 saturated heterocycles. The van der Waals surface area contributed by atoms with Crippen LogP contribution >= 0.6 is 15.9 Å². The lowest BCUT2D eigenvalue weighted by atomic mass is 9.98. The van der Waals surface area contributed by atoms with E-state index >= 15 is 0 Å². The monoisotopic (exact) mass is 359 g/mol. The van der Waals surface area contributed by atoms with Crippen molar-refractivity contribution >= 4 is 27.8 Å². The summed E-state index contributed by atoms with van der Waals surface area (Å²) in [6.07, 6.45) is -0.232. The number of rotatable bonds is 7. The number of nitrogens with one attached hydrogen (secondary N) is 1. The molecule has 7 heteroatoms. The largest absolute Gasteiger partial charge is 0.496 e. The minimum atomic E-state index is -1.01. The van der Waals surface area contributed by atoms with Gasteiger partial charge in [0.05, 0.1) is 30.1 Å². The van der Waals surface area contributed by atoms with Gasteiger partial charge in [-0.25, -0.2) is 0 Å². The summed E-state index contributed by atoms with van der Waals surface area (Å²) in [5.74, 6) is -0.776. The minimum Gasteiger partial charge on any atom is -0.496 e. The van der Waals surface area contributed by atoms with Crippen LogP contribution in [0.15, 0.2) is 22.7 Å². The average Bonchev–Trinajstić information content (AvgIpc) is 2.37. The van der Waals surface area contributed by atoms with Crippen LogP contribution in [0.5, 0.6) is 5.75 Å². The highest BCUT2D eigenvalue weighted by molar-refractivity contribution is 9.10. The number of amides is 1. The van der Waals surface area contributed by atoms with Gasteiger partial charge >= 0.3 is 5.97 Å². The molecule has 1 aromatic carbocycles. The number of carboxylic acids is 1. The van der Waals surface area contributed by atoms with Crippen LogP contribution < -0.4 is 10.1 Å². The summed E-state index contributed by atoms with van der Waals surface area (Å²) in [6, 6.07) is 4.87. The summed E-state index contributed by atoms with van der Waals surface area (Å²) in [6.45, 7) is 1.73. The van der Waals surface area contributed by atoms with Crippen LogP contribution in [0.25, 0.3) is 0 Å². The normalized spacial score (nSPS) is 13.3. The molecule has 0 heterocycles. The lowest BCUT2D eigenvalue weighted by Crippen LogP contribution is -2.50. The van der Waals surface area contributed by atoms with Gasteiger partial charge in [0.15, 0.2) is 0 Å². The number of halogens is 1. The molecule has 1 amide bonds. The number of aliphatic carboxylic acids is 1. The Kier molecular flexibility index (Phi) is 6.17. The quantitative estimate of drug-likeness (QED) is 0.778. The Balaban J connectivity index is 2.91. The number of hydrogen-bond donors (Lipinski definition) is 2. The van der Waals surface area contributed by atoms with Crippen molar-refractivity contribution < 1.29 is 24.2 Å². The molecule has 21 heavy (non-hydrogen) atoms. The van der Waals surface area contributed by atoms with Gasteiger partial charge in [0.1, 0.15) is 5.75 Å². The van der Waals surface area contributed by atoms with E-state index in [9.17, 15) is 9.59 Å². The van der Waals surface area contributed by atoms with E-state index in [1.807, 2.05) is 0 Å². The molecule has 0 aliphatic rings. The van der Waals surface area contributed by atoms with Crippen molar-refractivity contribution in [2.75, 3.05) is 20.8 Å². The summed E-state index contributed by atoms with van der Waals surface area (Å²) in [5.41, 5.74) is -0.584. The predicted octanol–water partition coefficient (Wildman–Crippen LogP) is 2.07. The summed E-state index contributed by atoms with van der Waals surface area (Å²) in [5, 5.41) is 11.6. The maximum Gasteiger partial charge on any atom is 0.305 e. The highest BCUT2D eigenvalue weighted by Crippen LogP contribution is 2.25. The first kappa shape index (κ1) is 17.5. The van der Waals surface area contributed by atoms with Crippen molar-refractivity contribution in [1.82, 2.24) is 5.32 Å². The summed E-state index contributed by atoms with van der Waals surface area (Å²) < 4.78 is 10.7. The number of ether oxygens (including phenoxy) is 2. The number of hydrogen-bond acceptors (Lipinski definition) is 4. The van der Waals surface area contributed by atoms with Crippen molar-refractivity contribution in [3.63, 3.8) is 0 Å². The highest BCUT2D eigenvalue weighted by Gasteiger charge is 2.30. The molecule has 0 bridgehead atoms. The fraction of sp³-hybridized carbons (Fsp3) is 0.429. The number of carbonyl (C=O) groups excluding carboxylic acids is 1. The van der Waals surface area contributed by atoms with Gasteiger partial charge in [-0.1, -0.05) is 0 Å². The van der Waals surface area contributed by atoms with Crippen LogP contribution in [0.1, 0.15) is 23.7 Å². The third-order valence-electron chi connectivity index (χ3n) is 2.83. The standard InChI is InChI=1S/C14H18BrNO5/c1-14(8-20-2,7-12(17)18)16-13(19)9-4-5-11(21-3)10(15)6-9/h4-6H,7-8H2,1-3H3,(H,16,19)(H,17,18). The van der Waals surface area contributed by atoms with Crippen molar-refractivity contribution in [2.24, 2.45) is 0 Å². The first-order chi connectivity index (χ1) is 9.81. The van der Waals surface area contributed by atoms with Gasteiger partial charge in [0.2, 0.25) is 0 Å². The Hall–Kier alpha value is -1.60. The van der Waals surface area contributed by atoms with Crippen LogP contribution in [0.2, 0.25) is 0 Å². The maximum atomic E-state index is 12.2. The van der Waals surface area contributed by atoms with Crippen molar-refractivity contribution in [3.8, 4) is 5.75 Å². The molecule has 1 aromatic rings. The molecular weight excluding hydrogens is 342 g/mol. The summed E-state index contributed by atoms with van der Waals surface area (Å²) in [7, 11) is 2.98. The molecule has 116 valence electrons. The van der Waals surface area contributed by atoms with Crippen molar-refractivity contribution in [3.05, 3.63) is 28.2 Å². The number of carbonyl (C=O) groups is 2. The number of benzene rings is 1. The maximum absolute atomic E-state index is 12.2. The highest BCUT2D eigenvalue weighted by atomic mass is 79.9. The zero-order valence-electron chi connectivity index (χ0n) is 12.1. The molecule has 0 spiro atoms. The Labute approximate surface area is 131 Å². The SMILES string of the molecule is COCC(C)(CC(=O)O)NC(=O)c1ccc(OC)c(Br)c1. The van der Waals surface area contributed by atoms with Crippen LogP contribution in [0.4, 0.5) is 0 Å². The van der Waals surface area contributed by atoms with Gasteiger partial charge < -0.3 is 19.9 Å². The van der Waals surface area contributed by atoms with Gasteiger partial charge in [-0.2, -0.15) is 0 Å². The zero-order chi connectivity index (χ0) is 16.0. The second-order valence-corrected chi connectivity index (χ2v) is 5.72. The lowest BCUT2D eigenvalue weighted by molar-refractivity contribution is -0.139. The Bertz CT molecular complexity index is 534. The first-order valence-electron chi connectivity index (χ1n) is 6.18. The van der Waals surface area contributed by atoms with Gasteiger partial charge in [-0.05, 0) is 41.1 Å². The Morgan fingerprint density at radius 1 is 1.38 bits per heavy atom. The molecule has 0 fully saturated rings. The lowest BCUT2D eigenvalue weighted by Gasteiger charge is -2.28. The Morgan fingerprint density at radius 2 is 2.05 bits per heavy atom. The second kappa shape index (κ2) is 7.42. The van der Waals surface area contributed by atoms with E-state index in [-0.39, 0.29) is 18.9 Å². The molecule has 2 N–H and O–H groups in total. The second-order valence-electron chi connectivity index (χ2n) is 4.87. The van der Waals surface area contributed by atoms with Gasteiger partial charge in [0, 0.05) is 12.7 Å². The van der Waals surface area contributed by atoms with E-state index in [0.29, 0.717) is 15.8 Å². The molecule has 0 aromatic heterocycles. The third kappa shape index (κ3) is 5.02. The Morgan fingerprint density at radius 3 is 2.52 bits per heavy atom. The fourth-order valence-electron chi connectivity index (χ4n) is 1.94. The first-order valence-corrected chi connectivity index (χ1v) is 6.97. The zero-order valence-corrected chi connectivity index (χ0v) is 13.7. The summed E-state index contributed by atoms with van der Waals surface area (Å²) >= 11 is 3.30. The smallest absolute Gasteiger partial charge is 0.305 e. The van der Waals surface area contributed by atoms with E-state index in [2.05, 4.69) is 21.2 Å². The van der Waals surface area contributed by atoms with Gasteiger partial charge in [0.25, 0.3) is 5.91 Å². The molecule has 0 radical (unpaired) electrons. The third-order valence-corrected chi connectivity index (χ3v) is 3.45. The molecule has 1 unspecified atom stereocenters. The van der Waals surface area contributed by atoms with E-state index in [1.54, 1.807) is 25.1 Å². The van der Waals surface area contributed by atoms with Crippen molar-refractivity contribution in [2.45, 2.75) is 18.9 Å². The fourth-order valence-corrected chi connectivity index (χ4v) is 2.48. The van der Waals surface area contributed by atoms with Crippen LogP contribution in [0.3, 0.4) is 0 Å². The average molecular weight is 360 g/mol. The van der Waals surface area contributed by atoms with Crippen LogP contribution in [-0.2, 0) is 9.53 Å². The van der Waals surface area contributed by atoms with E-state index in [0.717, 1.165) is 0 Å². The molecule has 0 saturated carbocycles. The molecule has 6 nitrogen and oxygen atoms in total. The van der Waals surface area contributed by atoms with Gasteiger partial charge in [-0.3, -0.25) is 9.59 Å². The number of methoxy groups -OCH3 is 2. The van der Waals surface area contributed by atoms with Crippen LogP contribution in [0, 0.1) is 0 Å². The minimum absolute atomic E-state index is 0.0996.